The fourth-order valence-electron chi connectivity index (χ4n) is 2.73. The Morgan fingerprint density at radius 1 is 1.60 bits per heavy atom. The average molecular weight is 344 g/mol. The number of nitrogens with one attached hydrogen (secondary N) is 1. The van der Waals surface area contributed by atoms with Crippen LogP contribution < -0.4 is 5.32 Å². The SMILES string of the molecule is CCCC[C@H](NC1CCc2c1ccc(F)c2Br)C(=O)O. The molecular weight excluding hydrogens is 325 g/mol. The minimum absolute atomic E-state index is 0.000133. The molecule has 0 aliphatic heterocycles. The zero-order valence-corrected chi connectivity index (χ0v) is 13.0. The van der Waals surface area contributed by atoms with Crippen molar-refractivity contribution in [2.75, 3.05) is 0 Å². The molecule has 2 N–H and O–H groups in total. The number of benzene rings is 1. The molecule has 110 valence electrons. The third-order valence-corrected chi connectivity index (χ3v) is 4.69. The molecule has 3 nitrogen and oxygen atoms in total. The van der Waals surface area contributed by atoms with E-state index in [2.05, 4.69) is 21.2 Å². The molecule has 0 saturated carbocycles. The standard InChI is InChI=1S/C15H19BrFNO2/c1-2-3-4-13(15(19)20)18-12-8-6-10-9(12)5-7-11(17)14(10)16/h5,7,12-13,18H,2-4,6,8H2,1H3,(H,19,20)/t12?,13-/m0/s1. The molecule has 1 aromatic carbocycles. The molecule has 2 atom stereocenters. The molecule has 0 amide bonds. The minimum atomic E-state index is -0.812. The van der Waals surface area contributed by atoms with E-state index in [0.717, 1.165) is 36.8 Å². The summed E-state index contributed by atoms with van der Waals surface area (Å²) in [7, 11) is 0. The van der Waals surface area contributed by atoms with Gasteiger partial charge in [-0.05, 0) is 52.4 Å². The average Bonchev–Trinajstić information content (AvgIpc) is 2.82. The van der Waals surface area contributed by atoms with E-state index >= 15 is 0 Å². The molecule has 2 rings (SSSR count). The smallest absolute Gasteiger partial charge is 0.320 e. The molecule has 0 saturated heterocycles. The van der Waals surface area contributed by atoms with E-state index in [-0.39, 0.29) is 11.9 Å². The Bertz CT molecular complexity index is 507. The molecule has 1 aromatic rings. The van der Waals surface area contributed by atoms with Crippen molar-refractivity contribution in [3.63, 3.8) is 0 Å². The maximum absolute atomic E-state index is 13.5. The first-order valence-corrected chi connectivity index (χ1v) is 7.79. The van der Waals surface area contributed by atoms with E-state index in [0.29, 0.717) is 10.9 Å². The van der Waals surface area contributed by atoms with Gasteiger partial charge < -0.3 is 5.11 Å². The Labute approximate surface area is 126 Å². The van der Waals surface area contributed by atoms with Gasteiger partial charge in [-0.3, -0.25) is 10.1 Å². The molecule has 5 heteroatoms. The Balaban J connectivity index is 2.13. The maximum Gasteiger partial charge on any atom is 0.320 e. The lowest BCUT2D eigenvalue weighted by Crippen LogP contribution is -2.38. The van der Waals surface area contributed by atoms with Crippen molar-refractivity contribution in [2.45, 2.75) is 51.1 Å². The van der Waals surface area contributed by atoms with Crippen LogP contribution in [0.15, 0.2) is 16.6 Å². The second-order valence-corrected chi connectivity index (χ2v) is 6.01. The number of carboxylic acids is 1. The Hall–Kier alpha value is -0.940. The van der Waals surface area contributed by atoms with Gasteiger partial charge in [-0.2, -0.15) is 0 Å². The highest BCUT2D eigenvalue weighted by atomic mass is 79.9. The lowest BCUT2D eigenvalue weighted by molar-refractivity contribution is -0.139. The summed E-state index contributed by atoms with van der Waals surface area (Å²) < 4.78 is 14.0. The van der Waals surface area contributed by atoms with Crippen molar-refractivity contribution in [2.24, 2.45) is 0 Å². The normalized spacial score (nSPS) is 18.9. The Kier molecular flexibility index (Phi) is 5.16. The van der Waals surface area contributed by atoms with Crippen molar-refractivity contribution < 1.29 is 14.3 Å². The van der Waals surface area contributed by atoms with Crippen molar-refractivity contribution in [1.29, 1.82) is 0 Å². The second kappa shape index (κ2) is 6.68. The van der Waals surface area contributed by atoms with Gasteiger partial charge in [-0.25, -0.2) is 4.39 Å². The number of unbranched alkanes of at least 4 members (excludes halogenated alkanes) is 1. The molecule has 1 aliphatic carbocycles. The van der Waals surface area contributed by atoms with E-state index < -0.39 is 12.0 Å². The van der Waals surface area contributed by atoms with Crippen molar-refractivity contribution >= 4 is 21.9 Å². The van der Waals surface area contributed by atoms with E-state index in [1.807, 2.05) is 6.92 Å². The maximum atomic E-state index is 13.5. The quantitative estimate of drug-likeness (QED) is 0.825. The zero-order valence-electron chi connectivity index (χ0n) is 11.5. The molecule has 0 heterocycles. The minimum Gasteiger partial charge on any atom is -0.480 e. The van der Waals surface area contributed by atoms with Crippen LogP contribution in [0.2, 0.25) is 0 Å². The lowest BCUT2D eigenvalue weighted by atomic mass is 10.0. The zero-order chi connectivity index (χ0) is 14.7. The van der Waals surface area contributed by atoms with Gasteiger partial charge in [0.05, 0.1) is 4.47 Å². The number of halogens is 2. The van der Waals surface area contributed by atoms with Crippen LogP contribution in [0.1, 0.15) is 49.8 Å². The summed E-state index contributed by atoms with van der Waals surface area (Å²) in [4.78, 5) is 11.3. The predicted molar refractivity (Wildman–Crippen MR) is 79.2 cm³/mol. The molecule has 0 aromatic heterocycles. The van der Waals surface area contributed by atoms with Gasteiger partial charge in [0.25, 0.3) is 0 Å². The third-order valence-electron chi connectivity index (χ3n) is 3.84. The van der Waals surface area contributed by atoms with E-state index in [4.69, 9.17) is 0 Å². The van der Waals surface area contributed by atoms with Crippen molar-refractivity contribution in [1.82, 2.24) is 5.32 Å². The van der Waals surface area contributed by atoms with Crippen LogP contribution in [0.3, 0.4) is 0 Å². The molecule has 1 unspecified atom stereocenters. The van der Waals surface area contributed by atoms with Crippen LogP contribution in [0, 0.1) is 5.82 Å². The molecule has 1 aliphatic rings. The number of rotatable bonds is 6. The number of hydrogen-bond donors (Lipinski definition) is 2. The van der Waals surface area contributed by atoms with E-state index in [1.54, 1.807) is 6.07 Å². The van der Waals surface area contributed by atoms with Gasteiger partial charge in [-0.15, -0.1) is 0 Å². The highest BCUT2D eigenvalue weighted by Crippen LogP contribution is 2.37. The number of carboxylic acid groups (broad SMARTS) is 1. The molecule has 0 spiro atoms. The van der Waals surface area contributed by atoms with Crippen LogP contribution >= 0.6 is 15.9 Å². The molecular formula is C15H19BrFNO2. The fourth-order valence-corrected chi connectivity index (χ4v) is 3.29. The van der Waals surface area contributed by atoms with Crippen LogP contribution in [0.25, 0.3) is 0 Å². The van der Waals surface area contributed by atoms with Gasteiger partial charge >= 0.3 is 5.97 Å². The predicted octanol–water partition coefficient (Wildman–Crippen LogP) is 3.81. The lowest BCUT2D eigenvalue weighted by Gasteiger charge is -2.20. The topological polar surface area (TPSA) is 49.3 Å². The van der Waals surface area contributed by atoms with Crippen LogP contribution in [0.4, 0.5) is 4.39 Å². The molecule has 20 heavy (non-hydrogen) atoms. The molecule has 0 radical (unpaired) electrons. The monoisotopic (exact) mass is 343 g/mol. The van der Waals surface area contributed by atoms with Gasteiger partial charge in [-0.1, -0.05) is 25.8 Å². The first-order valence-electron chi connectivity index (χ1n) is 7.00. The highest BCUT2D eigenvalue weighted by Gasteiger charge is 2.29. The Morgan fingerprint density at radius 3 is 3.00 bits per heavy atom. The van der Waals surface area contributed by atoms with Gasteiger partial charge in [0.1, 0.15) is 11.9 Å². The second-order valence-electron chi connectivity index (χ2n) is 5.22. The number of fused-ring (bicyclic) bond motifs is 1. The van der Waals surface area contributed by atoms with Crippen LogP contribution in [0.5, 0.6) is 0 Å². The summed E-state index contributed by atoms with van der Waals surface area (Å²) >= 11 is 3.28. The summed E-state index contributed by atoms with van der Waals surface area (Å²) in [6.07, 6.45) is 4.07. The summed E-state index contributed by atoms with van der Waals surface area (Å²) in [5, 5.41) is 12.5. The number of carbonyl (C=O) groups is 1. The first-order chi connectivity index (χ1) is 9.54. The van der Waals surface area contributed by atoms with Crippen LogP contribution in [-0.2, 0) is 11.2 Å². The van der Waals surface area contributed by atoms with Crippen molar-refractivity contribution in [3.8, 4) is 0 Å². The third kappa shape index (κ3) is 3.20. The van der Waals surface area contributed by atoms with Crippen LogP contribution in [-0.4, -0.2) is 17.1 Å². The number of hydrogen-bond acceptors (Lipinski definition) is 2. The summed E-state index contributed by atoms with van der Waals surface area (Å²) in [5.41, 5.74) is 1.98. The van der Waals surface area contributed by atoms with Crippen molar-refractivity contribution in [3.05, 3.63) is 33.5 Å². The number of aliphatic carboxylic acids is 1. The summed E-state index contributed by atoms with van der Waals surface area (Å²) in [6.45, 7) is 2.05. The molecule has 0 bridgehead atoms. The van der Waals surface area contributed by atoms with E-state index in [9.17, 15) is 14.3 Å². The van der Waals surface area contributed by atoms with Gasteiger partial charge in [0.2, 0.25) is 0 Å². The van der Waals surface area contributed by atoms with E-state index in [1.165, 1.54) is 6.07 Å². The fraction of sp³-hybridized carbons (Fsp3) is 0.533. The molecule has 0 fully saturated rings. The van der Waals surface area contributed by atoms with Gasteiger partial charge in [0.15, 0.2) is 0 Å². The first kappa shape index (κ1) is 15.4. The summed E-state index contributed by atoms with van der Waals surface area (Å²) in [6, 6.07) is 2.67. The summed E-state index contributed by atoms with van der Waals surface area (Å²) in [5.74, 6) is -1.07. The highest BCUT2D eigenvalue weighted by molar-refractivity contribution is 9.10. The van der Waals surface area contributed by atoms with Gasteiger partial charge in [0, 0.05) is 6.04 Å². The largest absolute Gasteiger partial charge is 0.480 e. The Morgan fingerprint density at radius 2 is 2.35 bits per heavy atom.